The zero-order valence-corrected chi connectivity index (χ0v) is 11.4. The normalized spacial score (nSPS) is 16.1. The first-order chi connectivity index (χ1) is 9.79. The van der Waals surface area contributed by atoms with Crippen LogP contribution < -0.4 is 0 Å². The van der Waals surface area contributed by atoms with Crippen molar-refractivity contribution < 1.29 is 14.3 Å². The molecule has 2 aromatic rings. The molecule has 1 aromatic heterocycles. The van der Waals surface area contributed by atoms with Crippen molar-refractivity contribution in [3.63, 3.8) is 0 Å². The summed E-state index contributed by atoms with van der Waals surface area (Å²) in [5, 5.41) is 1.82. The van der Waals surface area contributed by atoms with Gasteiger partial charge in [-0.2, -0.15) is 0 Å². The number of hydrogen-bond donors (Lipinski definition) is 0. The van der Waals surface area contributed by atoms with Gasteiger partial charge in [-0.25, -0.2) is 4.79 Å². The van der Waals surface area contributed by atoms with Gasteiger partial charge in [-0.15, -0.1) is 0 Å². The molecule has 104 valence electrons. The van der Waals surface area contributed by atoms with Gasteiger partial charge in [0.15, 0.2) is 0 Å². The first-order valence-corrected chi connectivity index (χ1v) is 6.82. The largest absolute Gasteiger partial charge is 0.456 e. The van der Waals surface area contributed by atoms with E-state index in [0.717, 1.165) is 23.6 Å². The summed E-state index contributed by atoms with van der Waals surface area (Å²) in [4.78, 5) is 16.5. The number of benzene rings is 1. The Kier molecular flexibility index (Phi) is 3.65. The summed E-state index contributed by atoms with van der Waals surface area (Å²) in [5.41, 5.74) is 0.518. The summed E-state index contributed by atoms with van der Waals surface area (Å²) in [6.07, 6.45) is 5.39. The van der Waals surface area contributed by atoms with Gasteiger partial charge in [-0.3, -0.25) is 4.98 Å². The van der Waals surface area contributed by atoms with E-state index in [4.69, 9.17) is 9.47 Å². The number of carbonyl (C=O) groups excluding carboxylic acids is 1. The number of esters is 1. The van der Waals surface area contributed by atoms with Crippen molar-refractivity contribution in [1.82, 2.24) is 4.98 Å². The standard InChI is InChI=1S/C16H17NO3/c1-19-10-15(11-6-7-11)20-16(18)14-9-17-8-12-4-2-3-5-13(12)14/h2-5,8-9,11,15H,6-7,10H2,1H3/t15-/m0/s1. The number of aromatic nitrogens is 1. The molecule has 0 radical (unpaired) electrons. The van der Waals surface area contributed by atoms with E-state index in [0.29, 0.717) is 18.1 Å². The van der Waals surface area contributed by atoms with Gasteiger partial charge in [-0.1, -0.05) is 24.3 Å². The molecule has 20 heavy (non-hydrogen) atoms. The molecule has 0 amide bonds. The molecule has 0 bridgehead atoms. The molecular formula is C16H17NO3. The molecule has 1 fully saturated rings. The molecular weight excluding hydrogens is 254 g/mol. The molecule has 3 rings (SSSR count). The average molecular weight is 271 g/mol. The summed E-state index contributed by atoms with van der Waals surface area (Å²) in [6.45, 7) is 0.453. The van der Waals surface area contributed by atoms with E-state index in [1.54, 1.807) is 19.5 Å². The van der Waals surface area contributed by atoms with E-state index in [2.05, 4.69) is 4.98 Å². The topological polar surface area (TPSA) is 48.4 Å². The zero-order valence-electron chi connectivity index (χ0n) is 11.4. The van der Waals surface area contributed by atoms with Crippen LogP contribution in [0.2, 0.25) is 0 Å². The number of ether oxygens (including phenoxy) is 2. The monoisotopic (exact) mass is 271 g/mol. The second-order valence-electron chi connectivity index (χ2n) is 5.14. The molecule has 4 nitrogen and oxygen atoms in total. The molecule has 4 heteroatoms. The van der Waals surface area contributed by atoms with Crippen LogP contribution in [0.1, 0.15) is 23.2 Å². The fourth-order valence-electron chi connectivity index (χ4n) is 2.38. The highest BCUT2D eigenvalue weighted by Gasteiger charge is 2.34. The van der Waals surface area contributed by atoms with Gasteiger partial charge in [0.25, 0.3) is 0 Å². The summed E-state index contributed by atoms with van der Waals surface area (Å²) in [6, 6.07) is 7.69. The predicted molar refractivity (Wildman–Crippen MR) is 75.5 cm³/mol. The Morgan fingerprint density at radius 3 is 2.90 bits per heavy atom. The van der Waals surface area contributed by atoms with Gasteiger partial charge in [0.1, 0.15) is 6.10 Å². The molecule has 1 aliphatic rings. The Bertz CT molecular complexity index is 617. The lowest BCUT2D eigenvalue weighted by atomic mass is 10.1. The Labute approximate surface area is 117 Å². The number of carbonyl (C=O) groups is 1. The van der Waals surface area contributed by atoms with Crippen molar-refractivity contribution in [1.29, 1.82) is 0 Å². The molecule has 1 aliphatic carbocycles. The molecule has 0 aliphatic heterocycles. The van der Waals surface area contributed by atoms with Crippen LogP contribution in [0.3, 0.4) is 0 Å². The van der Waals surface area contributed by atoms with Crippen LogP contribution in [-0.4, -0.2) is 30.8 Å². The molecule has 1 heterocycles. The van der Waals surface area contributed by atoms with E-state index in [9.17, 15) is 4.79 Å². The molecule has 0 N–H and O–H groups in total. The average Bonchev–Trinajstić information content (AvgIpc) is 3.31. The summed E-state index contributed by atoms with van der Waals surface area (Å²) in [5.74, 6) is 0.130. The molecule has 0 spiro atoms. The third-order valence-electron chi connectivity index (χ3n) is 3.63. The number of hydrogen-bond acceptors (Lipinski definition) is 4. The summed E-state index contributed by atoms with van der Waals surface area (Å²) in [7, 11) is 1.63. The van der Waals surface area contributed by atoms with Crippen molar-refractivity contribution in [2.45, 2.75) is 18.9 Å². The van der Waals surface area contributed by atoms with Gasteiger partial charge in [0.2, 0.25) is 0 Å². The van der Waals surface area contributed by atoms with Crippen LogP contribution in [0.5, 0.6) is 0 Å². The fraction of sp³-hybridized carbons (Fsp3) is 0.375. The maximum atomic E-state index is 12.4. The van der Waals surface area contributed by atoms with Crippen molar-refractivity contribution in [3.8, 4) is 0 Å². The van der Waals surface area contributed by atoms with Crippen LogP contribution in [0.4, 0.5) is 0 Å². The number of fused-ring (bicyclic) bond motifs is 1. The van der Waals surface area contributed by atoms with Gasteiger partial charge < -0.3 is 9.47 Å². The maximum absolute atomic E-state index is 12.4. The first kappa shape index (κ1) is 13.1. The van der Waals surface area contributed by atoms with E-state index >= 15 is 0 Å². The molecule has 1 atom stereocenters. The number of rotatable bonds is 5. The van der Waals surface area contributed by atoms with Gasteiger partial charge in [0.05, 0.1) is 12.2 Å². The second kappa shape index (κ2) is 5.59. The minimum Gasteiger partial charge on any atom is -0.456 e. The molecule has 0 saturated heterocycles. The number of nitrogens with zero attached hydrogens (tertiary/aromatic N) is 1. The SMILES string of the molecule is COC[C@H](OC(=O)c1cncc2ccccc12)C1CC1. The third-order valence-corrected chi connectivity index (χ3v) is 3.63. The third kappa shape index (κ3) is 2.65. The predicted octanol–water partition coefficient (Wildman–Crippen LogP) is 2.82. The lowest BCUT2D eigenvalue weighted by Gasteiger charge is -2.16. The molecule has 1 aromatic carbocycles. The van der Waals surface area contributed by atoms with E-state index < -0.39 is 0 Å². The highest BCUT2D eigenvalue weighted by Crippen LogP contribution is 2.35. The van der Waals surface area contributed by atoms with E-state index in [-0.39, 0.29) is 12.1 Å². The van der Waals surface area contributed by atoms with Crippen LogP contribution in [0, 0.1) is 5.92 Å². The van der Waals surface area contributed by atoms with Gasteiger partial charge in [0, 0.05) is 24.9 Å². The highest BCUT2D eigenvalue weighted by atomic mass is 16.6. The first-order valence-electron chi connectivity index (χ1n) is 6.82. The van der Waals surface area contributed by atoms with Crippen LogP contribution in [0.15, 0.2) is 36.7 Å². The summed E-state index contributed by atoms with van der Waals surface area (Å²) >= 11 is 0. The lowest BCUT2D eigenvalue weighted by Crippen LogP contribution is -2.25. The Morgan fingerprint density at radius 1 is 1.35 bits per heavy atom. The van der Waals surface area contributed by atoms with Crippen molar-refractivity contribution in [2.24, 2.45) is 5.92 Å². The smallest absolute Gasteiger partial charge is 0.340 e. The van der Waals surface area contributed by atoms with Crippen LogP contribution in [0.25, 0.3) is 10.8 Å². The molecule has 1 saturated carbocycles. The van der Waals surface area contributed by atoms with Crippen LogP contribution in [-0.2, 0) is 9.47 Å². The quantitative estimate of drug-likeness (QED) is 0.785. The minimum atomic E-state index is -0.316. The Balaban J connectivity index is 1.84. The highest BCUT2D eigenvalue weighted by molar-refractivity contribution is 6.03. The molecule has 0 unspecified atom stereocenters. The van der Waals surface area contributed by atoms with Crippen molar-refractivity contribution in [2.75, 3.05) is 13.7 Å². The summed E-state index contributed by atoms with van der Waals surface area (Å²) < 4.78 is 10.7. The second-order valence-corrected chi connectivity index (χ2v) is 5.14. The van der Waals surface area contributed by atoms with Crippen LogP contribution >= 0.6 is 0 Å². The Hall–Kier alpha value is -1.94. The zero-order chi connectivity index (χ0) is 13.9. The maximum Gasteiger partial charge on any atom is 0.340 e. The van der Waals surface area contributed by atoms with E-state index in [1.807, 2.05) is 24.3 Å². The fourth-order valence-corrected chi connectivity index (χ4v) is 2.38. The Morgan fingerprint density at radius 2 is 2.15 bits per heavy atom. The van der Waals surface area contributed by atoms with Crippen molar-refractivity contribution >= 4 is 16.7 Å². The minimum absolute atomic E-state index is 0.147. The number of methoxy groups -OCH3 is 1. The van der Waals surface area contributed by atoms with Gasteiger partial charge in [-0.05, 0) is 24.1 Å². The lowest BCUT2D eigenvalue weighted by molar-refractivity contribution is -0.00155. The van der Waals surface area contributed by atoms with E-state index in [1.165, 1.54) is 0 Å². The van der Waals surface area contributed by atoms with Crippen molar-refractivity contribution in [3.05, 3.63) is 42.2 Å². The van der Waals surface area contributed by atoms with Gasteiger partial charge >= 0.3 is 5.97 Å². The number of pyridine rings is 1.